The molecule has 1 N–H and O–H groups in total. The molecule has 41 heavy (non-hydrogen) atoms. The van der Waals surface area contributed by atoms with Crippen molar-refractivity contribution in [1.82, 2.24) is 29.6 Å². The van der Waals surface area contributed by atoms with Crippen LogP contribution >= 0.6 is 0 Å². The molecule has 12 heteroatoms. The highest BCUT2D eigenvalue weighted by Gasteiger charge is 2.23. The Hall–Kier alpha value is -5.02. The number of aromatic nitrogens is 5. The SMILES string of the molecule is COc1cc(C(=O)N2CCO[C@H](C)C2)ccc1Nc1ncc(-c2ccc(C#N)c(OC(C)Cn3cncn3)c2)cn1. The lowest BCUT2D eigenvalue weighted by atomic mass is 10.1. The fraction of sp³-hybridized carbons (Fsp3) is 0.310. The van der Waals surface area contributed by atoms with Gasteiger partial charge in [-0.15, -0.1) is 0 Å². The number of hydrogen-bond acceptors (Lipinski definition) is 10. The van der Waals surface area contributed by atoms with E-state index in [4.69, 9.17) is 14.2 Å². The van der Waals surface area contributed by atoms with Gasteiger partial charge in [0.15, 0.2) is 0 Å². The lowest BCUT2D eigenvalue weighted by Crippen LogP contribution is -2.44. The lowest BCUT2D eigenvalue weighted by molar-refractivity contribution is -0.0124. The lowest BCUT2D eigenvalue weighted by Gasteiger charge is -2.31. The molecule has 0 aliphatic carbocycles. The van der Waals surface area contributed by atoms with Crippen molar-refractivity contribution in [3.05, 3.63) is 72.6 Å². The summed E-state index contributed by atoms with van der Waals surface area (Å²) in [7, 11) is 1.55. The quantitative estimate of drug-likeness (QED) is 0.326. The van der Waals surface area contributed by atoms with Gasteiger partial charge in [0.25, 0.3) is 5.91 Å². The van der Waals surface area contributed by atoms with Crippen LogP contribution in [-0.2, 0) is 11.3 Å². The summed E-state index contributed by atoms with van der Waals surface area (Å²) in [6.07, 6.45) is 6.21. The Morgan fingerprint density at radius 1 is 1.20 bits per heavy atom. The molecule has 0 radical (unpaired) electrons. The van der Waals surface area contributed by atoms with E-state index in [1.807, 2.05) is 19.9 Å². The smallest absolute Gasteiger partial charge is 0.254 e. The zero-order valence-electron chi connectivity index (χ0n) is 23.0. The van der Waals surface area contributed by atoms with Gasteiger partial charge in [-0.3, -0.25) is 4.79 Å². The number of morpholine rings is 1. The van der Waals surface area contributed by atoms with Gasteiger partial charge >= 0.3 is 0 Å². The first kappa shape index (κ1) is 27.5. The number of methoxy groups -OCH3 is 1. The number of nitrogens with zero attached hydrogens (tertiary/aromatic N) is 7. The second-order valence-electron chi connectivity index (χ2n) is 9.64. The van der Waals surface area contributed by atoms with Crippen LogP contribution in [0.4, 0.5) is 11.6 Å². The van der Waals surface area contributed by atoms with Crippen LogP contribution in [0.5, 0.6) is 11.5 Å². The van der Waals surface area contributed by atoms with Crippen molar-refractivity contribution in [1.29, 1.82) is 5.26 Å². The van der Waals surface area contributed by atoms with E-state index in [9.17, 15) is 10.1 Å². The maximum atomic E-state index is 13.0. The maximum Gasteiger partial charge on any atom is 0.254 e. The molecule has 4 aromatic rings. The van der Waals surface area contributed by atoms with Crippen molar-refractivity contribution >= 4 is 17.5 Å². The Morgan fingerprint density at radius 2 is 2.02 bits per heavy atom. The van der Waals surface area contributed by atoms with E-state index < -0.39 is 0 Å². The minimum Gasteiger partial charge on any atom is -0.495 e. The zero-order chi connectivity index (χ0) is 28.8. The molecule has 3 heterocycles. The first-order chi connectivity index (χ1) is 19.9. The highest BCUT2D eigenvalue weighted by atomic mass is 16.5. The number of carbonyl (C=O) groups excluding carboxylic acids is 1. The molecular formula is C29H30N8O4. The highest BCUT2D eigenvalue weighted by molar-refractivity contribution is 5.95. The molecule has 12 nitrogen and oxygen atoms in total. The molecule has 1 amide bonds. The summed E-state index contributed by atoms with van der Waals surface area (Å²) in [5, 5.41) is 16.8. The Balaban J connectivity index is 1.28. The first-order valence-corrected chi connectivity index (χ1v) is 13.1. The number of carbonyl (C=O) groups is 1. The van der Waals surface area contributed by atoms with Gasteiger partial charge in [-0.25, -0.2) is 19.6 Å². The third-order valence-corrected chi connectivity index (χ3v) is 6.55. The Kier molecular flexibility index (Phi) is 8.36. The van der Waals surface area contributed by atoms with E-state index in [1.54, 1.807) is 65.7 Å². The van der Waals surface area contributed by atoms with Crippen molar-refractivity contribution < 1.29 is 19.0 Å². The second-order valence-corrected chi connectivity index (χ2v) is 9.64. The average Bonchev–Trinajstić information content (AvgIpc) is 3.50. The Labute approximate surface area is 237 Å². The van der Waals surface area contributed by atoms with Crippen molar-refractivity contribution in [3.63, 3.8) is 0 Å². The maximum absolute atomic E-state index is 13.0. The van der Waals surface area contributed by atoms with E-state index in [-0.39, 0.29) is 18.1 Å². The number of nitriles is 1. The summed E-state index contributed by atoms with van der Waals surface area (Å²) in [5.41, 5.74) is 3.14. The van der Waals surface area contributed by atoms with Crippen molar-refractivity contribution in [3.8, 4) is 28.7 Å². The fourth-order valence-corrected chi connectivity index (χ4v) is 4.51. The van der Waals surface area contributed by atoms with Crippen LogP contribution < -0.4 is 14.8 Å². The van der Waals surface area contributed by atoms with Crippen molar-refractivity contribution in [2.24, 2.45) is 0 Å². The summed E-state index contributed by atoms with van der Waals surface area (Å²) in [6, 6.07) is 12.8. The number of hydrogen-bond donors (Lipinski definition) is 1. The molecule has 2 aromatic heterocycles. The summed E-state index contributed by atoms with van der Waals surface area (Å²) in [6.45, 7) is 5.98. The molecule has 1 unspecified atom stereocenters. The Bertz CT molecular complexity index is 1540. The van der Waals surface area contributed by atoms with Gasteiger partial charge in [0, 0.05) is 36.6 Å². The van der Waals surface area contributed by atoms with Gasteiger partial charge in [-0.1, -0.05) is 6.07 Å². The van der Waals surface area contributed by atoms with Crippen LogP contribution in [0.25, 0.3) is 11.1 Å². The molecule has 0 spiro atoms. The largest absolute Gasteiger partial charge is 0.495 e. The van der Waals surface area contributed by atoms with Gasteiger partial charge in [-0.05, 0) is 49.7 Å². The van der Waals surface area contributed by atoms with E-state index in [1.165, 1.54) is 6.33 Å². The van der Waals surface area contributed by atoms with Crippen LogP contribution in [0.3, 0.4) is 0 Å². The molecule has 1 fully saturated rings. The summed E-state index contributed by atoms with van der Waals surface area (Å²) in [5.74, 6) is 1.26. The number of benzene rings is 2. The minimum absolute atomic E-state index is 0.00744. The molecule has 2 atom stereocenters. The van der Waals surface area contributed by atoms with Crippen molar-refractivity contribution in [2.45, 2.75) is 32.6 Å². The standard InChI is InChI=1S/C29H30N8O4/c1-19-15-36(8-9-40-19)28(38)22-6-7-25(27(11-22)39-3)35-29-32-13-24(14-33-29)21-4-5-23(12-30)26(10-21)41-20(2)16-37-18-31-17-34-37/h4-7,10-11,13-14,17-20H,8-9,15-16H2,1-3H3,(H,32,33,35)/t19-,20?/m1/s1. The molecule has 0 saturated carbocycles. The van der Waals surface area contributed by atoms with E-state index in [0.717, 1.165) is 11.1 Å². The van der Waals surface area contributed by atoms with Gasteiger partial charge in [0.05, 0.1) is 37.6 Å². The van der Waals surface area contributed by atoms with Crippen LogP contribution in [0.2, 0.25) is 0 Å². The fourth-order valence-electron chi connectivity index (χ4n) is 4.51. The highest BCUT2D eigenvalue weighted by Crippen LogP contribution is 2.30. The monoisotopic (exact) mass is 554 g/mol. The van der Waals surface area contributed by atoms with Crippen molar-refractivity contribution in [2.75, 3.05) is 32.1 Å². The number of amides is 1. The molecule has 1 saturated heterocycles. The number of ether oxygens (including phenoxy) is 3. The first-order valence-electron chi connectivity index (χ1n) is 13.1. The molecule has 0 bridgehead atoms. The Morgan fingerprint density at radius 3 is 2.73 bits per heavy atom. The van der Waals surface area contributed by atoms with Gasteiger partial charge in [0.1, 0.15) is 36.3 Å². The third-order valence-electron chi connectivity index (χ3n) is 6.55. The van der Waals surface area contributed by atoms with Gasteiger partial charge in [0.2, 0.25) is 5.95 Å². The summed E-state index contributed by atoms with van der Waals surface area (Å²) in [4.78, 5) is 27.6. The van der Waals surface area contributed by atoms with E-state index >= 15 is 0 Å². The molecule has 1 aliphatic rings. The summed E-state index contributed by atoms with van der Waals surface area (Å²) >= 11 is 0. The number of anilines is 2. The van der Waals surface area contributed by atoms with Crippen LogP contribution in [-0.4, -0.2) is 74.6 Å². The molecule has 5 rings (SSSR count). The van der Waals surface area contributed by atoms with E-state index in [0.29, 0.717) is 60.5 Å². The minimum atomic E-state index is -0.240. The predicted molar refractivity (Wildman–Crippen MR) is 150 cm³/mol. The molecular weight excluding hydrogens is 524 g/mol. The van der Waals surface area contributed by atoms with E-state index in [2.05, 4.69) is 31.4 Å². The van der Waals surface area contributed by atoms with Gasteiger partial charge in [-0.2, -0.15) is 10.4 Å². The normalized spacial score (nSPS) is 15.6. The van der Waals surface area contributed by atoms with Crippen LogP contribution in [0, 0.1) is 11.3 Å². The van der Waals surface area contributed by atoms with Crippen LogP contribution in [0.15, 0.2) is 61.4 Å². The molecule has 210 valence electrons. The van der Waals surface area contributed by atoms with Gasteiger partial charge < -0.3 is 24.4 Å². The zero-order valence-corrected chi connectivity index (χ0v) is 23.0. The van der Waals surface area contributed by atoms with Crippen LogP contribution in [0.1, 0.15) is 29.8 Å². The summed E-state index contributed by atoms with van der Waals surface area (Å²) < 4.78 is 18.8. The third kappa shape index (κ3) is 6.59. The molecule has 1 aliphatic heterocycles. The number of rotatable bonds is 9. The number of nitrogens with one attached hydrogen (secondary N) is 1. The molecule has 2 aromatic carbocycles. The predicted octanol–water partition coefficient (Wildman–Crippen LogP) is 3.69. The second kappa shape index (κ2) is 12.4. The topological polar surface area (TPSA) is 140 Å². The average molecular weight is 555 g/mol.